The topological polar surface area (TPSA) is 133 Å². The quantitative estimate of drug-likeness (QED) is 0.211. The van der Waals surface area contributed by atoms with E-state index in [2.05, 4.69) is 32.6 Å². The first-order valence-corrected chi connectivity index (χ1v) is 18.1. The lowest BCUT2D eigenvalue weighted by Crippen LogP contribution is -2.17. The van der Waals surface area contributed by atoms with Crippen molar-refractivity contribution in [3.8, 4) is 21.9 Å². The fraction of sp³-hybridized carbons (Fsp3) is 0.424. The maximum atomic E-state index is 13.8. The lowest BCUT2D eigenvalue weighted by atomic mass is 9.91. The second-order valence-electron chi connectivity index (χ2n) is 12.4. The minimum atomic E-state index is -3.61. The Labute approximate surface area is 265 Å². The standard InChI is InChI=1S/C33H34N6O4S2/c1-18-17-45(40,41)31-28(27(33-39-38-19(2)43-33)25(36-29(18)31)6-5-20-10-14-42-15-11-20)26-16-21-9-13-35-32(30(21)44-26)37-24-8-7-23-22(24)4-3-12-34-23/h3-4,9,12-13,16,18,20,24H,5-8,10-11,14-15,17H2,1-2H3,(H,35,37)/t18-,24?/m0/s1. The van der Waals surface area contributed by atoms with Gasteiger partial charge in [0.25, 0.3) is 0 Å². The number of rotatable bonds is 7. The number of nitrogens with zero attached hydrogens (tertiary/aromatic N) is 5. The van der Waals surface area contributed by atoms with E-state index in [1.165, 1.54) is 5.56 Å². The fourth-order valence-electron chi connectivity index (χ4n) is 7.12. The number of hydrogen-bond donors (Lipinski definition) is 1. The fourth-order valence-corrected chi connectivity index (χ4v) is 10.4. The van der Waals surface area contributed by atoms with Gasteiger partial charge in [0, 0.05) is 54.6 Å². The van der Waals surface area contributed by atoms with Gasteiger partial charge in [-0.15, -0.1) is 21.5 Å². The van der Waals surface area contributed by atoms with Crippen molar-refractivity contribution in [1.29, 1.82) is 0 Å². The van der Waals surface area contributed by atoms with Crippen LogP contribution in [0.5, 0.6) is 0 Å². The summed E-state index contributed by atoms with van der Waals surface area (Å²) in [5, 5.41) is 13.2. The Bertz CT molecular complexity index is 2030. The molecule has 1 aliphatic carbocycles. The van der Waals surface area contributed by atoms with Gasteiger partial charge < -0.3 is 14.5 Å². The first-order valence-electron chi connectivity index (χ1n) is 15.6. The van der Waals surface area contributed by atoms with Crippen LogP contribution in [0.2, 0.25) is 0 Å². The van der Waals surface area contributed by atoms with Gasteiger partial charge in [0.15, 0.2) is 9.84 Å². The molecule has 232 valence electrons. The molecular weight excluding hydrogens is 609 g/mol. The number of nitrogens with one attached hydrogen (secondary N) is 1. The van der Waals surface area contributed by atoms with Crippen LogP contribution in [0.15, 0.2) is 46.0 Å². The highest BCUT2D eigenvalue weighted by molar-refractivity contribution is 7.92. The van der Waals surface area contributed by atoms with Gasteiger partial charge in [-0.1, -0.05) is 13.0 Å². The highest BCUT2D eigenvalue weighted by Crippen LogP contribution is 2.50. The second-order valence-corrected chi connectivity index (χ2v) is 15.4. The van der Waals surface area contributed by atoms with Crippen LogP contribution in [0.1, 0.15) is 73.1 Å². The smallest absolute Gasteiger partial charge is 0.250 e. The summed E-state index contributed by atoms with van der Waals surface area (Å²) in [7, 11) is -3.61. The van der Waals surface area contributed by atoms with Crippen molar-refractivity contribution in [1.82, 2.24) is 25.1 Å². The van der Waals surface area contributed by atoms with Crippen LogP contribution < -0.4 is 5.32 Å². The highest BCUT2D eigenvalue weighted by atomic mass is 32.2. The SMILES string of the molecule is Cc1nnc(-c2c(CCC3CCOCC3)nc3c(c2-c2cc4ccnc(NC5CCc6ncccc65)c4s2)S(=O)(=O)C[C@@H]3C)o1. The normalized spacial score (nSPS) is 20.8. The predicted molar refractivity (Wildman–Crippen MR) is 172 cm³/mol. The molecule has 2 aliphatic heterocycles. The molecule has 0 bridgehead atoms. The van der Waals surface area contributed by atoms with Crippen molar-refractivity contribution in [2.24, 2.45) is 5.92 Å². The molecule has 0 aromatic carbocycles. The van der Waals surface area contributed by atoms with Gasteiger partial charge in [-0.25, -0.2) is 13.4 Å². The van der Waals surface area contributed by atoms with Crippen molar-refractivity contribution in [3.63, 3.8) is 0 Å². The van der Waals surface area contributed by atoms with E-state index in [4.69, 9.17) is 19.1 Å². The molecule has 45 heavy (non-hydrogen) atoms. The molecule has 7 heterocycles. The summed E-state index contributed by atoms with van der Waals surface area (Å²) >= 11 is 1.54. The Morgan fingerprint density at radius 1 is 1.07 bits per heavy atom. The number of fused-ring (bicyclic) bond motifs is 3. The molecule has 1 fully saturated rings. The molecule has 8 rings (SSSR count). The van der Waals surface area contributed by atoms with Crippen LogP contribution in [0, 0.1) is 12.8 Å². The minimum Gasteiger partial charge on any atom is -0.421 e. The monoisotopic (exact) mass is 642 g/mol. The van der Waals surface area contributed by atoms with Crippen molar-refractivity contribution < 1.29 is 17.6 Å². The summed E-state index contributed by atoms with van der Waals surface area (Å²) < 4.78 is 40.3. The van der Waals surface area contributed by atoms with Crippen LogP contribution in [0.3, 0.4) is 0 Å². The van der Waals surface area contributed by atoms with Crippen LogP contribution in [0.25, 0.3) is 32.0 Å². The zero-order valence-electron chi connectivity index (χ0n) is 25.2. The Kier molecular flexibility index (Phi) is 7.18. The van der Waals surface area contributed by atoms with Crippen LogP contribution in [-0.2, 0) is 27.4 Å². The number of aryl methyl sites for hydroxylation is 3. The number of thiophene rings is 1. The Balaban J connectivity index is 1.29. The lowest BCUT2D eigenvalue weighted by Gasteiger charge is -2.22. The molecule has 0 radical (unpaired) electrons. The van der Waals surface area contributed by atoms with Gasteiger partial charge in [0.2, 0.25) is 11.8 Å². The Morgan fingerprint density at radius 3 is 2.76 bits per heavy atom. The molecule has 0 amide bonds. The number of sulfone groups is 1. The number of aromatic nitrogens is 5. The van der Waals surface area contributed by atoms with Gasteiger partial charge in [-0.2, -0.15) is 0 Å². The van der Waals surface area contributed by atoms with Crippen molar-refractivity contribution >= 4 is 37.1 Å². The van der Waals surface area contributed by atoms with Crippen LogP contribution in [0.4, 0.5) is 5.82 Å². The average Bonchev–Trinajstić information content (AvgIpc) is 3.81. The minimum absolute atomic E-state index is 0.0302. The maximum absolute atomic E-state index is 13.8. The zero-order valence-corrected chi connectivity index (χ0v) is 26.9. The largest absolute Gasteiger partial charge is 0.421 e. The van der Waals surface area contributed by atoms with E-state index in [0.29, 0.717) is 45.8 Å². The molecule has 3 aliphatic rings. The third kappa shape index (κ3) is 5.12. The number of ether oxygens (including phenoxy) is 1. The van der Waals surface area contributed by atoms with E-state index < -0.39 is 9.84 Å². The molecule has 12 heteroatoms. The summed E-state index contributed by atoms with van der Waals surface area (Å²) in [5.41, 5.74) is 5.01. The van der Waals surface area contributed by atoms with E-state index in [9.17, 15) is 8.42 Å². The highest BCUT2D eigenvalue weighted by Gasteiger charge is 2.40. The van der Waals surface area contributed by atoms with E-state index >= 15 is 0 Å². The van der Waals surface area contributed by atoms with Gasteiger partial charge >= 0.3 is 0 Å². The van der Waals surface area contributed by atoms with Crippen molar-refractivity contribution in [3.05, 3.63) is 65.2 Å². The molecule has 10 nitrogen and oxygen atoms in total. The third-order valence-corrected chi connectivity index (χ3v) is 12.5. The summed E-state index contributed by atoms with van der Waals surface area (Å²) in [6, 6.07) is 8.26. The maximum Gasteiger partial charge on any atom is 0.250 e. The predicted octanol–water partition coefficient (Wildman–Crippen LogP) is 6.46. The number of hydrogen-bond acceptors (Lipinski definition) is 11. The van der Waals surface area contributed by atoms with Crippen LogP contribution in [-0.4, -0.2) is 52.5 Å². The number of anilines is 1. The first-order chi connectivity index (χ1) is 21.9. The van der Waals surface area contributed by atoms with Crippen molar-refractivity contribution in [2.45, 2.75) is 69.2 Å². The van der Waals surface area contributed by atoms with E-state index in [1.54, 1.807) is 24.5 Å². The summed E-state index contributed by atoms with van der Waals surface area (Å²) in [4.78, 5) is 15.5. The van der Waals surface area contributed by atoms with E-state index in [1.807, 2.05) is 25.3 Å². The van der Waals surface area contributed by atoms with Gasteiger partial charge in [0.05, 0.1) is 38.3 Å². The lowest BCUT2D eigenvalue weighted by molar-refractivity contribution is 0.0639. The van der Waals surface area contributed by atoms with Gasteiger partial charge in [-0.3, -0.25) is 9.97 Å². The molecular formula is C33H34N6O4S2. The molecule has 1 saturated heterocycles. The number of pyridine rings is 3. The average molecular weight is 643 g/mol. The summed E-state index contributed by atoms with van der Waals surface area (Å²) in [6.07, 6.45) is 9.14. The molecule has 2 atom stereocenters. The van der Waals surface area contributed by atoms with E-state index in [0.717, 1.165) is 77.5 Å². The Morgan fingerprint density at radius 2 is 1.93 bits per heavy atom. The molecule has 1 unspecified atom stereocenters. The van der Waals surface area contributed by atoms with E-state index in [-0.39, 0.29) is 17.7 Å². The molecule has 0 spiro atoms. The summed E-state index contributed by atoms with van der Waals surface area (Å²) in [5.74, 6) is 1.84. The third-order valence-electron chi connectivity index (χ3n) is 9.33. The molecule has 5 aromatic rings. The zero-order chi connectivity index (χ0) is 30.7. The molecule has 0 saturated carbocycles. The van der Waals surface area contributed by atoms with Crippen LogP contribution >= 0.6 is 11.3 Å². The first kappa shape index (κ1) is 28.7. The second kappa shape index (κ2) is 11.3. The van der Waals surface area contributed by atoms with Gasteiger partial charge in [0.1, 0.15) is 5.82 Å². The summed E-state index contributed by atoms with van der Waals surface area (Å²) in [6.45, 7) is 5.24. The van der Waals surface area contributed by atoms with Crippen molar-refractivity contribution in [2.75, 3.05) is 24.3 Å². The molecule has 5 aromatic heterocycles. The Hall–Kier alpha value is -3.74. The van der Waals surface area contributed by atoms with Gasteiger partial charge in [-0.05, 0) is 73.6 Å². The molecule has 1 N–H and O–H groups in total.